The van der Waals surface area contributed by atoms with E-state index in [1.807, 2.05) is 0 Å². The molecule has 102 valence electrons. The smallest absolute Gasteiger partial charge is 0.212 e. The van der Waals surface area contributed by atoms with Crippen LogP contribution in [0.5, 0.6) is 0 Å². The van der Waals surface area contributed by atoms with E-state index in [-0.39, 0.29) is 10.7 Å². The zero-order chi connectivity index (χ0) is 14.5. The summed E-state index contributed by atoms with van der Waals surface area (Å²) in [4.78, 5) is 3.55. The molecular weight excluding hydrogens is 282 g/mol. The van der Waals surface area contributed by atoms with Crippen LogP contribution in [0.1, 0.15) is 5.56 Å². The standard InChI is InChI=1S/C13H10F2N4S/c14-11-3-1-8(9-2-4-12(15)17-6-9)5-10(11)7-18-19-13(16)20/h1-7H,(H3,16,19,20). The van der Waals surface area contributed by atoms with Crippen LogP contribution in [-0.4, -0.2) is 16.3 Å². The number of halogens is 2. The minimum absolute atomic E-state index is 0.0134. The maximum absolute atomic E-state index is 13.6. The molecule has 20 heavy (non-hydrogen) atoms. The molecular formula is C13H10F2N4S. The topological polar surface area (TPSA) is 63.3 Å². The number of benzene rings is 1. The van der Waals surface area contributed by atoms with Crippen LogP contribution in [0.15, 0.2) is 41.6 Å². The molecule has 0 atom stereocenters. The van der Waals surface area contributed by atoms with E-state index in [0.29, 0.717) is 11.1 Å². The fraction of sp³-hybridized carbons (Fsp3) is 0. The van der Waals surface area contributed by atoms with Gasteiger partial charge in [-0.2, -0.15) is 9.49 Å². The number of aromatic nitrogens is 1. The molecule has 0 spiro atoms. The zero-order valence-electron chi connectivity index (χ0n) is 10.2. The number of nitrogens with two attached hydrogens (primary N) is 1. The van der Waals surface area contributed by atoms with E-state index >= 15 is 0 Å². The Balaban J connectivity index is 2.30. The van der Waals surface area contributed by atoms with Gasteiger partial charge in [-0.15, -0.1) is 0 Å². The van der Waals surface area contributed by atoms with Crippen molar-refractivity contribution in [2.75, 3.05) is 0 Å². The van der Waals surface area contributed by atoms with Crippen molar-refractivity contribution in [2.45, 2.75) is 0 Å². The first-order chi connectivity index (χ1) is 9.56. The van der Waals surface area contributed by atoms with E-state index in [1.165, 1.54) is 24.5 Å². The summed E-state index contributed by atoms with van der Waals surface area (Å²) in [5, 5.41) is 3.68. The lowest BCUT2D eigenvalue weighted by atomic mass is 10.0. The first kappa shape index (κ1) is 14.0. The fourth-order valence-corrected chi connectivity index (χ4v) is 1.59. The highest BCUT2D eigenvalue weighted by molar-refractivity contribution is 7.80. The molecule has 7 heteroatoms. The molecule has 0 saturated carbocycles. The molecule has 0 saturated heterocycles. The van der Waals surface area contributed by atoms with Gasteiger partial charge in [-0.05, 0) is 42.0 Å². The van der Waals surface area contributed by atoms with Crippen molar-refractivity contribution < 1.29 is 8.78 Å². The summed E-state index contributed by atoms with van der Waals surface area (Å²) in [6, 6.07) is 7.23. The van der Waals surface area contributed by atoms with E-state index < -0.39 is 11.8 Å². The summed E-state index contributed by atoms with van der Waals surface area (Å²) in [5.74, 6) is -1.02. The van der Waals surface area contributed by atoms with Crippen LogP contribution in [0.3, 0.4) is 0 Å². The second-order valence-corrected chi connectivity index (χ2v) is 4.28. The largest absolute Gasteiger partial charge is 0.375 e. The summed E-state index contributed by atoms with van der Waals surface area (Å²) in [6.45, 7) is 0. The number of nitrogens with one attached hydrogen (secondary N) is 1. The number of hydrazone groups is 1. The second-order valence-electron chi connectivity index (χ2n) is 3.84. The summed E-state index contributed by atoms with van der Waals surface area (Å²) >= 11 is 4.57. The van der Waals surface area contributed by atoms with E-state index in [4.69, 9.17) is 5.73 Å². The van der Waals surface area contributed by atoms with E-state index in [0.717, 1.165) is 0 Å². The molecule has 0 unspecified atom stereocenters. The molecule has 3 N–H and O–H groups in total. The Hall–Kier alpha value is -2.41. The van der Waals surface area contributed by atoms with Crippen LogP contribution >= 0.6 is 12.2 Å². The molecule has 1 heterocycles. The van der Waals surface area contributed by atoms with Crippen LogP contribution < -0.4 is 11.2 Å². The third-order valence-corrected chi connectivity index (χ3v) is 2.53. The van der Waals surface area contributed by atoms with Crippen LogP contribution in [0.25, 0.3) is 11.1 Å². The van der Waals surface area contributed by atoms with Gasteiger partial charge in [0.25, 0.3) is 0 Å². The predicted octanol–water partition coefficient (Wildman–Crippen LogP) is 2.19. The van der Waals surface area contributed by atoms with Crippen molar-refractivity contribution >= 4 is 23.5 Å². The molecule has 2 aromatic rings. The molecule has 0 aliphatic heterocycles. The maximum atomic E-state index is 13.6. The van der Waals surface area contributed by atoms with Gasteiger partial charge >= 0.3 is 0 Å². The first-order valence-electron chi connectivity index (χ1n) is 5.56. The first-order valence-corrected chi connectivity index (χ1v) is 5.97. The molecule has 0 fully saturated rings. The molecule has 0 aliphatic rings. The van der Waals surface area contributed by atoms with Crippen molar-refractivity contribution in [3.63, 3.8) is 0 Å². The Kier molecular flexibility index (Phi) is 4.31. The predicted molar refractivity (Wildman–Crippen MR) is 77.1 cm³/mol. The molecule has 1 aromatic carbocycles. The lowest BCUT2D eigenvalue weighted by Crippen LogP contribution is -2.24. The molecule has 0 amide bonds. The Bertz CT molecular complexity index is 656. The van der Waals surface area contributed by atoms with Crippen molar-refractivity contribution in [2.24, 2.45) is 10.8 Å². The van der Waals surface area contributed by atoms with Crippen molar-refractivity contribution in [3.05, 3.63) is 53.9 Å². The highest BCUT2D eigenvalue weighted by atomic mass is 32.1. The average molecular weight is 292 g/mol. The van der Waals surface area contributed by atoms with Gasteiger partial charge in [0, 0.05) is 17.3 Å². The van der Waals surface area contributed by atoms with Crippen molar-refractivity contribution in [1.29, 1.82) is 0 Å². The van der Waals surface area contributed by atoms with Crippen LogP contribution in [0.2, 0.25) is 0 Å². The van der Waals surface area contributed by atoms with Gasteiger partial charge < -0.3 is 5.73 Å². The van der Waals surface area contributed by atoms with Crippen LogP contribution in [0.4, 0.5) is 8.78 Å². The molecule has 0 radical (unpaired) electrons. The van der Waals surface area contributed by atoms with Gasteiger partial charge in [-0.1, -0.05) is 6.07 Å². The molecule has 4 nitrogen and oxygen atoms in total. The fourth-order valence-electron chi connectivity index (χ4n) is 1.53. The third-order valence-electron chi connectivity index (χ3n) is 2.44. The highest BCUT2D eigenvalue weighted by Gasteiger charge is 2.04. The van der Waals surface area contributed by atoms with Gasteiger partial charge in [0.1, 0.15) is 5.82 Å². The van der Waals surface area contributed by atoms with Gasteiger partial charge in [0.05, 0.1) is 6.21 Å². The summed E-state index contributed by atoms with van der Waals surface area (Å²) in [6.07, 6.45) is 2.63. The summed E-state index contributed by atoms with van der Waals surface area (Å²) in [5.41, 5.74) is 9.14. The molecule has 1 aromatic heterocycles. The number of hydrogen-bond acceptors (Lipinski definition) is 3. The van der Waals surface area contributed by atoms with Gasteiger partial charge in [0.15, 0.2) is 5.11 Å². The summed E-state index contributed by atoms with van der Waals surface area (Å²) < 4.78 is 26.4. The average Bonchev–Trinajstić information content (AvgIpc) is 2.41. The van der Waals surface area contributed by atoms with Gasteiger partial charge in [-0.3, -0.25) is 5.43 Å². The number of nitrogens with zero attached hydrogens (tertiary/aromatic N) is 2. The summed E-state index contributed by atoms with van der Waals surface area (Å²) in [7, 11) is 0. The van der Waals surface area contributed by atoms with E-state index in [2.05, 4.69) is 27.7 Å². The highest BCUT2D eigenvalue weighted by Crippen LogP contribution is 2.20. The third kappa shape index (κ3) is 3.55. The minimum atomic E-state index is -0.571. The lowest BCUT2D eigenvalue weighted by Gasteiger charge is -2.04. The number of pyridine rings is 1. The van der Waals surface area contributed by atoms with E-state index in [1.54, 1.807) is 18.2 Å². The van der Waals surface area contributed by atoms with Crippen LogP contribution in [-0.2, 0) is 0 Å². The monoisotopic (exact) mass is 292 g/mol. The Morgan fingerprint density at radius 2 is 2.00 bits per heavy atom. The maximum Gasteiger partial charge on any atom is 0.212 e. The molecule has 2 rings (SSSR count). The van der Waals surface area contributed by atoms with Gasteiger partial charge in [0.2, 0.25) is 5.95 Å². The number of hydrogen-bond donors (Lipinski definition) is 2. The zero-order valence-corrected chi connectivity index (χ0v) is 11.0. The number of thiocarbonyl (C=S) groups is 1. The minimum Gasteiger partial charge on any atom is -0.375 e. The lowest BCUT2D eigenvalue weighted by molar-refractivity contribution is 0.584. The molecule has 0 bridgehead atoms. The normalized spacial score (nSPS) is 10.7. The Morgan fingerprint density at radius 3 is 2.65 bits per heavy atom. The molecule has 0 aliphatic carbocycles. The quantitative estimate of drug-likeness (QED) is 0.394. The van der Waals surface area contributed by atoms with Crippen molar-refractivity contribution in [3.8, 4) is 11.1 Å². The van der Waals surface area contributed by atoms with Crippen molar-refractivity contribution in [1.82, 2.24) is 10.4 Å². The van der Waals surface area contributed by atoms with Gasteiger partial charge in [-0.25, -0.2) is 9.37 Å². The van der Waals surface area contributed by atoms with Crippen LogP contribution in [0, 0.1) is 11.8 Å². The Morgan fingerprint density at radius 1 is 1.25 bits per heavy atom. The Labute approximate surface area is 119 Å². The second kappa shape index (κ2) is 6.16. The number of rotatable bonds is 3. The van der Waals surface area contributed by atoms with E-state index in [9.17, 15) is 8.78 Å². The SMILES string of the molecule is NC(=S)NN=Cc1cc(-c2ccc(F)nc2)ccc1F.